The van der Waals surface area contributed by atoms with Gasteiger partial charge in [-0.05, 0) is 42.2 Å². The van der Waals surface area contributed by atoms with E-state index in [0.717, 1.165) is 5.56 Å². The molecule has 9 heteroatoms. The molecule has 1 fully saturated rings. The zero-order chi connectivity index (χ0) is 22.7. The zero-order valence-electron chi connectivity index (χ0n) is 16.4. The summed E-state index contributed by atoms with van der Waals surface area (Å²) in [5.41, 5.74) is -2.87. The Kier molecular flexibility index (Phi) is 6.64. The lowest BCUT2D eigenvalue weighted by Crippen LogP contribution is -2.35. The molecule has 1 aliphatic rings. The van der Waals surface area contributed by atoms with Gasteiger partial charge in [0.05, 0.1) is 24.3 Å². The van der Waals surface area contributed by atoms with Crippen molar-refractivity contribution in [3.05, 3.63) is 70.8 Å². The van der Waals surface area contributed by atoms with E-state index in [9.17, 15) is 31.1 Å². The molecule has 168 valence electrons. The molecule has 1 N–H and O–H groups in total. The van der Waals surface area contributed by atoms with Gasteiger partial charge in [0.15, 0.2) is 0 Å². The molecule has 0 aliphatic carbocycles. The minimum atomic E-state index is -4.92. The van der Waals surface area contributed by atoms with E-state index in [4.69, 9.17) is 4.74 Å². The Morgan fingerprint density at radius 1 is 0.935 bits per heavy atom. The number of ether oxygens (including phenoxy) is 1. The molecule has 0 saturated carbocycles. The molecule has 3 rings (SSSR count). The van der Waals surface area contributed by atoms with Crippen molar-refractivity contribution < 1.29 is 35.9 Å². The number of hydrogen-bond donors (Lipinski definition) is 1. The van der Waals surface area contributed by atoms with E-state index in [-0.39, 0.29) is 30.6 Å². The SMILES string of the molecule is O=C1CC(COCc2cc(C(F)(F)F)cc(C(F)(F)F)c2)(c2ccccc2)CCCN1. The van der Waals surface area contributed by atoms with Crippen LogP contribution in [0, 0.1) is 0 Å². The summed E-state index contributed by atoms with van der Waals surface area (Å²) in [5.74, 6) is -0.177. The molecule has 1 amide bonds. The van der Waals surface area contributed by atoms with Crippen LogP contribution in [0.1, 0.15) is 41.5 Å². The lowest BCUT2D eigenvalue weighted by atomic mass is 9.75. The third-order valence-electron chi connectivity index (χ3n) is 5.33. The third-order valence-corrected chi connectivity index (χ3v) is 5.33. The van der Waals surface area contributed by atoms with E-state index in [1.165, 1.54) is 0 Å². The van der Waals surface area contributed by atoms with Crippen molar-refractivity contribution in [2.45, 2.75) is 43.6 Å². The highest BCUT2D eigenvalue weighted by molar-refractivity contribution is 5.78. The molecule has 1 atom stereocenters. The predicted molar refractivity (Wildman–Crippen MR) is 101 cm³/mol. The van der Waals surface area contributed by atoms with Crippen LogP contribution < -0.4 is 5.32 Å². The van der Waals surface area contributed by atoms with Gasteiger partial charge < -0.3 is 10.1 Å². The molecule has 1 saturated heterocycles. The Labute approximate surface area is 175 Å². The Bertz CT molecular complexity index is 878. The minimum absolute atomic E-state index is 0.0119. The fourth-order valence-corrected chi connectivity index (χ4v) is 3.82. The van der Waals surface area contributed by atoms with E-state index in [2.05, 4.69) is 5.32 Å². The van der Waals surface area contributed by atoms with Gasteiger partial charge in [-0.3, -0.25) is 4.79 Å². The highest BCUT2D eigenvalue weighted by Crippen LogP contribution is 2.38. The molecule has 0 spiro atoms. The van der Waals surface area contributed by atoms with Crippen molar-refractivity contribution >= 4 is 5.91 Å². The standard InChI is InChI=1S/C22H21F6NO2/c23-21(24,25)17-9-15(10-18(11-17)22(26,27)28)13-31-14-20(16-5-2-1-3-6-16)7-4-8-29-19(30)12-20/h1-3,5-6,9-11H,4,7-8,12-14H2,(H,29,30). The lowest BCUT2D eigenvalue weighted by Gasteiger charge is -2.32. The third kappa shape index (κ3) is 5.78. The van der Waals surface area contributed by atoms with Crippen LogP contribution in [0.25, 0.3) is 0 Å². The normalized spacial score (nSPS) is 20.3. The molecule has 1 heterocycles. The quantitative estimate of drug-likeness (QED) is 0.619. The topological polar surface area (TPSA) is 38.3 Å². The zero-order valence-corrected chi connectivity index (χ0v) is 16.4. The summed E-state index contributed by atoms with van der Waals surface area (Å²) >= 11 is 0. The van der Waals surface area contributed by atoms with Gasteiger partial charge in [-0.15, -0.1) is 0 Å². The first-order valence-electron chi connectivity index (χ1n) is 9.68. The number of rotatable bonds is 5. The first kappa shape index (κ1) is 23.1. The molecule has 2 aromatic carbocycles. The summed E-state index contributed by atoms with van der Waals surface area (Å²) in [4.78, 5) is 12.2. The molecule has 31 heavy (non-hydrogen) atoms. The molecule has 0 bridgehead atoms. The average molecular weight is 445 g/mol. The Morgan fingerprint density at radius 3 is 2.13 bits per heavy atom. The van der Waals surface area contributed by atoms with Crippen molar-refractivity contribution in [3.63, 3.8) is 0 Å². The first-order valence-corrected chi connectivity index (χ1v) is 9.68. The highest BCUT2D eigenvalue weighted by atomic mass is 19.4. The summed E-state index contributed by atoms with van der Waals surface area (Å²) in [6.07, 6.45) is -8.45. The van der Waals surface area contributed by atoms with E-state index < -0.39 is 35.5 Å². The van der Waals surface area contributed by atoms with Crippen molar-refractivity contribution in [3.8, 4) is 0 Å². The minimum Gasteiger partial charge on any atom is -0.376 e. The molecular weight excluding hydrogens is 424 g/mol. The molecule has 0 radical (unpaired) electrons. The van der Waals surface area contributed by atoms with Gasteiger partial charge in [0, 0.05) is 18.4 Å². The van der Waals surface area contributed by atoms with Crippen LogP contribution in [0.3, 0.4) is 0 Å². The van der Waals surface area contributed by atoms with Crippen LogP contribution in [0.4, 0.5) is 26.3 Å². The van der Waals surface area contributed by atoms with Crippen LogP contribution in [0.2, 0.25) is 0 Å². The van der Waals surface area contributed by atoms with Gasteiger partial charge in [0.1, 0.15) is 0 Å². The van der Waals surface area contributed by atoms with Gasteiger partial charge in [0.2, 0.25) is 5.91 Å². The second kappa shape index (κ2) is 8.90. The Morgan fingerprint density at radius 2 is 1.55 bits per heavy atom. The summed E-state index contributed by atoms with van der Waals surface area (Å²) in [6, 6.07) is 10.5. The maximum Gasteiger partial charge on any atom is 0.416 e. The smallest absolute Gasteiger partial charge is 0.376 e. The van der Waals surface area contributed by atoms with Crippen molar-refractivity contribution in [1.29, 1.82) is 0 Å². The van der Waals surface area contributed by atoms with Crippen LogP contribution in [0.5, 0.6) is 0 Å². The fraction of sp³-hybridized carbons (Fsp3) is 0.409. The largest absolute Gasteiger partial charge is 0.416 e. The molecule has 0 aromatic heterocycles. The molecule has 1 aliphatic heterocycles. The van der Waals surface area contributed by atoms with Crippen molar-refractivity contribution in [2.24, 2.45) is 0 Å². The van der Waals surface area contributed by atoms with Gasteiger partial charge in [0.25, 0.3) is 0 Å². The number of nitrogens with one attached hydrogen (secondary N) is 1. The van der Waals surface area contributed by atoms with Crippen LogP contribution >= 0.6 is 0 Å². The van der Waals surface area contributed by atoms with Crippen LogP contribution in [0.15, 0.2) is 48.5 Å². The molecule has 2 aromatic rings. The summed E-state index contributed by atoms with van der Waals surface area (Å²) in [5, 5.41) is 2.78. The van der Waals surface area contributed by atoms with Crippen molar-refractivity contribution in [1.82, 2.24) is 5.32 Å². The number of halogens is 6. The number of benzene rings is 2. The van der Waals surface area contributed by atoms with E-state index in [1.54, 1.807) is 0 Å². The van der Waals surface area contributed by atoms with Crippen molar-refractivity contribution in [2.75, 3.05) is 13.2 Å². The number of carbonyl (C=O) groups is 1. The lowest BCUT2D eigenvalue weighted by molar-refractivity contribution is -0.143. The van der Waals surface area contributed by atoms with Crippen LogP contribution in [-0.2, 0) is 33.9 Å². The van der Waals surface area contributed by atoms with Gasteiger partial charge in [-0.1, -0.05) is 30.3 Å². The number of hydrogen-bond acceptors (Lipinski definition) is 2. The van der Waals surface area contributed by atoms with Gasteiger partial charge >= 0.3 is 12.4 Å². The maximum atomic E-state index is 13.1. The van der Waals surface area contributed by atoms with Crippen LogP contribution in [-0.4, -0.2) is 19.1 Å². The summed E-state index contributed by atoms with van der Waals surface area (Å²) in [6.45, 7) is 0.0429. The van der Waals surface area contributed by atoms with E-state index in [1.807, 2.05) is 30.3 Å². The number of alkyl halides is 6. The van der Waals surface area contributed by atoms with Gasteiger partial charge in [-0.25, -0.2) is 0 Å². The van der Waals surface area contributed by atoms with Gasteiger partial charge in [-0.2, -0.15) is 26.3 Å². The molecule has 1 unspecified atom stereocenters. The average Bonchev–Trinajstić information content (AvgIpc) is 2.89. The Hall–Kier alpha value is -2.55. The monoisotopic (exact) mass is 445 g/mol. The van der Waals surface area contributed by atoms with E-state index in [0.29, 0.717) is 31.5 Å². The summed E-state index contributed by atoms with van der Waals surface area (Å²) < 4.78 is 84.0. The fourth-order valence-electron chi connectivity index (χ4n) is 3.82. The first-order chi connectivity index (χ1) is 14.5. The second-order valence-corrected chi connectivity index (χ2v) is 7.68. The number of amides is 1. The predicted octanol–water partition coefficient (Wildman–Crippen LogP) is 5.48. The highest BCUT2D eigenvalue weighted by Gasteiger charge is 2.38. The number of carbonyl (C=O) groups excluding carboxylic acids is 1. The Balaban J connectivity index is 1.84. The maximum absolute atomic E-state index is 13.1. The second-order valence-electron chi connectivity index (χ2n) is 7.68. The molecular formula is C22H21F6NO2. The molecule has 3 nitrogen and oxygen atoms in total. The summed E-state index contributed by atoms with van der Waals surface area (Å²) in [7, 11) is 0. The van der Waals surface area contributed by atoms with E-state index >= 15 is 0 Å².